The van der Waals surface area contributed by atoms with Crippen LogP contribution in [0.5, 0.6) is 0 Å². The van der Waals surface area contributed by atoms with Crippen molar-refractivity contribution in [3.63, 3.8) is 0 Å². The van der Waals surface area contributed by atoms with Gasteiger partial charge in [0, 0.05) is 10.9 Å². The average Bonchev–Trinajstić information content (AvgIpc) is 2.72. The molecule has 140 valence electrons. The van der Waals surface area contributed by atoms with E-state index in [9.17, 15) is 0 Å². The summed E-state index contributed by atoms with van der Waals surface area (Å²) in [5.74, 6) is 0.875. The molecule has 4 nitrogen and oxygen atoms in total. The lowest BCUT2D eigenvalue weighted by Crippen LogP contribution is -3.14. The summed E-state index contributed by atoms with van der Waals surface area (Å²) in [6.07, 6.45) is 2.60. The van der Waals surface area contributed by atoms with Crippen molar-refractivity contribution < 1.29 is 4.90 Å². The van der Waals surface area contributed by atoms with Gasteiger partial charge in [0.2, 0.25) is 5.95 Å². The van der Waals surface area contributed by atoms with Crippen molar-refractivity contribution in [2.45, 2.75) is 26.7 Å². The second-order valence-electron chi connectivity index (χ2n) is 7.60. The van der Waals surface area contributed by atoms with Gasteiger partial charge in [-0.3, -0.25) is 0 Å². The second-order valence-corrected chi connectivity index (χ2v) is 7.60. The zero-order chi connectivity index (χ0) is 18.6. The number of aromatic nitrogens is 2. The minimum atomic E-state index is 0.875. The number of nitrogens with zero attached hydrogens (tertiary/aromatic N) is 3. The van der Waals surface area contributed by atoms with E-state index in [1.807, 2.05) is 0 Å². The molecule has 0 atom stereocenters. The highest BCUT2D eigenvalue weighted by atomic mass is 15.3. The Labute approximate surface area is 161 Å². The fourth-order valence-corrected chi connectivity index (χ4v) is 3.89. The number of benzene rings is 2. The molecule has 27 heavy (non-hydrogen) atoms. The Hall–Kier alpha value is -2.46. The Bertz CT molecular complexity index is 899. The third-order valence-electron chi connectivity index (χ3n) is 5.52. The van der Waals surface area contributed by atoms with Gasteiger partial charge < -0.3 is 9.80 Å². The Balaban J connectivity index is 1.67. The first-order chi connectivity index (χ1) is 13.2. The van der Waals surface area contributed by atoms with Crippen LogP contribution in [-0.4, -0.2) is 42.7 Å². The lowest BCUT2D eigenvalue weighted by Gasteiger charge is -2.32. The number of unbranched alkanes of at least 4 members (excludes halogenated alkanes) is 1. The largest absolute Gasteiger partial charge is 0.332 e. The fourth-order valence-electron chi connectivity index (χ4n) is 3.89. The number of nitrogens with one attached hydrogen (secondary N) is 1. The van der Waals surface area contributed by atoms with Crippen LogP contribution >= 0.6 is 0 Å². The molecule has 0 amide bonds. The predicted octanol–water partition coefficient (Wildman–Crippen LogP) is 3.11. The molecular weight excluding hydrogens is 332 g/mol. The number of hydrogen-bond donors (Lipinski definition) is 1. The van der Waals surface area contributed by atoms with Crippen LogP contribution in [0.3, 0.4) is 0 Å². The van der Waals surface area contributed by atoms with E-state index in [1.165, 1.54) is 38.0 Å². The molecule has 0 bridgehead atoms. The molecule has 1 aromatic heterocycles. The van der Waals surface area contributed by atoms with Crippen LogP contribution in [0.2, 0.25) is 0 Å². The van der Waals surface area contributed by atoms with Crippen molar-refractivity contribution in [2.75, 3.05) is 37.6 Å². The molecule has 3 aromatic rings. The van der Waals surface area contributed by atoms with Crippen molar-refractivity contribution in [3.05, 3.63) is 54.1 Å². The van der Waals surface area contributed by atoms with E-state index < -0.39 is 0 Å². The zero-order valence-corrected chi connectivity index (χ0v) is 16.4. The average molecular weight is 362 g/mol. The summed E-state index contributed by atoms with van der Waals surface area (Å²) in [5, 5.41) is 1.14. The van der Waals surface area contributed by atoms with Gasteiger partial charge in [-0.15, -0.1) is 0 Å². The molecule has 0 unspecified atom stereocenters. The quantitative estimate of drug-likeness (QED) is 0.758. The van der Waals surface area contributed by atoms with Gasteiger partial charge in [-0.1, -0.05) is 55.3 Å². The summed E-state index contributed by atoms with van der Waals surface area (Å²) < 4.78 is 0. The van der Waals surface area contributed by atoms with Crippen LogP contribution in [0, 0.1) is 6.92 Å². The Kier molecular flexibility index (Phi) is 5.35. The highest BCUT2D eigenvalue weighted by Gasteiger charge is 2.22. The standard InChI is InChI=1S/C23H28N4/c1-3-4-12-26-13-15-27(16-14-26)23-24-21-11-10-18(2)17-20(21)22(25-23)19-8-6-5-7-9-19/h5-11,17H,3-4,12-16H2,1-2H3/p+1. The van der Waals surface area contributed by atoms with Crippen LogP contribution in [0.25, 0.3) is 22.2 Å². The topological polar surface area (TPSA) is 33.5 Å². The minimum Gasteiger partial charge on any atom is -0.332 e. The molecule has 4 heteroatoms. The smallest absolute Gasteiger partial charge is 0.226 e. The molecule has 0 spiro atoms. The molecule has 0 saturated carbocycles. The summed E-state index contributed by atoms with van der Waals surface area (Å²) in [4.78, 5) is 14.0. The summed E-state index contributed by atoms with van der Waals surface area (Å²) in [6.45, 7) is 10.1. The van der Waals surface area contributed by atoms with Crippen LogP contribution in [0.4, 0.5) is 5.95 Å². The van der Waals surface area contributed by atoms with Crippen LogP contribution in [0.1, 0.15) is 25.3 Å². The lowest BCUT2D eigenvalue weighted by molar-refractivity contribution is -0.900. The van der Waals surface area contributed by atoms with Crippen LogP contribution in [0.15, 0.2) is 48.5 Å². The molecule has 2 heterocycles. The van der Waals surface area contributed by atoms with E-state index >= 15 is 0 Å². The van der Waals surface area contributed by atoms with E-state index in [-0.39, 0.29) is 0 Å². The van der Waals surface area contributed by atoms with E-state index in [2.05, 4.69) is 67.3 Å². The fraction of sp³-hybridized carbons (Fsp3) is 0.391. The van der Waals surface area contributed by atoms with Gasteiger partial charge in [0.25, 0.3) is 0 Å². The maximum atomic E-state index is 5.03. The SMILES string of the molecule is CCCC[NH+]1CCN(c2nc(-c3ccccc3)c3cc(C)ccc3n2)CC1. The third-order valence-corrected chi connectivity index (χ3v) is 5.52. The van der Waals surface area contributed by atoms with E-state index in [0.29, 0.717) is 0 Å². The van der Waals surface area contributed by atoms with Gasteiger partial charge in [-0.05, 0) is 25.5 Å². The summed E-state index contributed by atoms with van der Waals surface area (Å²) in [5.41, 5.74) is 4.47. The monoisotopic (exact) mass is 361 g/mol. The van der Waals surface area contributed by atoms with E-state index in [1.54, 1.807) is 4.90 Å². The number of hydrogen-bond acceptors (Lipinski definition) is 3. The van der Waals surface area contributed by atoms with Gasteiger partial charge in [-0.25, -0.2) is 9.97 Å². The molecule has 1 N–H and O–H groups in total. The van der Waals surface area contributed by atoms with Crippen molar-refractivity contribution in [1.29, 1.82) is 0 Å². The van der Waals surface area contributed by atoms with Gasteiger partial charge in [-0.2, -0.15) is 0 Å². The molecular formula is C23H29N4+. The summed E-state index contributed by atoms with van der Waals surface area (Å²) >= 11 is 0. The lowest BCUT2D eigenvalue weighted by atomic mass is 10.0. The first kappa shape index (κ1) is 17.9. The molecule has 2 aromatic carbocycles. The number of quaternary nitrogens is 1. The zero-order valence-electron chi connectivity index (χ0n) is 16.4. The molecule has 1 aliphatic rings. The Morgan fingerprint density at radius 3 is 2.52 bits per heavy atom. The van der Waals surface area contributed by atoms with Gasteiger partial charge >= 0.3 is 0 Å². The number of anilines is 1. The maximum Gasteiger partial charge on any atom is 0.226 e. The molecule has 1 saturated heterocycles. The molecule has 0 radical (unpaired) electrons. The Morgan fingerprint density at radius 1 is 1.00 bits per heavy atom. The molecule has 0 aliphatic carbocycles. The first-order valence-corrected chi connectivity index (χ1v) is 10.2. The van der Waals surface area contributed by atoms with E-state index in [0.717, 1.165) is 41.2 Å². The summed E-state index contributed by atoms with van der Waals surface area (Å²) in [6, 6.07) is 17.0. The number of piperazine rings is 1. The van der Waals surface area contributed by atoms with Crippen molar-refractivity contribution >= 4 is 16.9 Å². The molecule has 1 fully saturated rings. The van der Waals surface area contributed by atoms with E-state index in [4.69, 9.17) is 9.97 Å². The summed E-state index contributed by atoms with van der Waals surface area (Å²) in [7, 11) is 0. The maximum absolute atomic E-state index is 5.03. The number of fused-ring (bicyclic) bond motifs is 1. The number of aryl methyl sites for hydroxylation is 1. The predicted molar refractivity (Wildman–Crippen MR) is 112 cm³/mol. The van der Waals surface area contributed by atoms with Gasteiger partial charge in [0.15, 0.2) is 0 Å². The highest BCUT2D eigenvalue weighted by Crippen LogP contribution is 2.29. The number of rotatable bonds is 5. The second kappa shape index (κ2) is 8.05. The first-order valence-electron chi connectivity index (χ1n) is 10.2. The molecule has 4 rings (SSSR count). The molecule has 1 aliphatic heterocycles. The van der Waals surface area contributed by atoms with Gasteiger partial charge in [0.1, 0.15) is 0 Å². The van der Waals surface area contributed by atoms with Crippen LogP contribution in [-0.2, 0) is 0 Å². The van der Waals surface area contributed by atoms with Crippen molar-refractivity contribution in [3.8, 4) is 11.3 Å². The highest BCUT2D eigenvalue weighted by molar-refractivity contribution is 5.93. The normalized spacial score (nSPS) is 15.4. The van der Waals surface area contributed by atoms with Crippen molar-refractivity contribution in [1.82, 2.24) is 9.97 Å². The third kappa shape index (κ3) is 3.96. The van der Waals surface area contributed by atoms with Crippen molar-refractivity contribution in [2.24, 2.45) is 0 Å². The minimum absolute atomic E-state index is 0.875. The van der Waals surface area contributed by atoms with Gasteiger partial charge in [0.05, 0.1) is 43.9 Å². The Morgan fingerprint density at radius 2 is 1.78 bits per heavy atom. The van der Waals surface area contributed by atoms with Crippen LogP contribution < -0.4 is 9.80 Å².